The largest absolute Gasteiger partial charge is 0.484 e. The van der Waals surface area contributed by atoms with Gasteiger partial charge < -0.3 is 10.1 Å². The Balaban J connectivity index is 1.92. The van der Waals surface area contributed by atoms with Gasteiger partial charge in [0.2, 0.25) is 10.0 Å². The van der Waals surface area contributed by atoms with E-state index in [1.807, 2.05) is 0 Å². The van der Waals surface area contributed by atoms with Crippen LogP contribution in [0.15, 0.2) is 34.0 Å². The van der Waals surface area contributed by atoms with E-state index >= 15 is 0 Å². The van der Waals surface area contributed by atoms with Crippen LogP contribution >= 0.6 is 15.9 Å². The summed E-state index contributed by atoms with van der Waals surface area (Å²) in [6, 6.07) is 3.32. The number of alkyl halides is 3. The number of primary sulfonamides is 1. The fraction of sp³-hybridized carbons (Fsp3) is 0.214. The van der Waals surface area contributed by atoms with Gasteiger partial charge in [0.15, 0.2) is 12.3 Å². The van der Waals surface area contributed by atoms with Crippen molar-refractivity contribution in [3.05, 3.63) is 34.7 Å². The SMILES string of the molecule is NS(=O)(=O)c1ccc(OCC(F)(F)F)c(CNc2ncnc3n[nH]c(Br)c23)c1. The molecule has 2 heterocycles. The lowest BCUT2D eigenvalue weighted by molar-refractivity contribution is -0.153. The number of sulfonamides is 1. The Morgan fingerprint density at radius 2 is 2.04 bits per heavy atom. The number of ether oxygens (including phenoxy) is 1. The maximum absolute atomic E-state index is 12.5. The van der Waals surface area contributed by atoms with Gasteiger partial charge in [-0.05, 0) is 34.1 Å². The molecule has 150 valence electrons. The Morgan fingerprint density at radius 3 is 2.71 bits per heavy atom. The third-order valence-corrected chi connectivity index (χ3v) is 4.99. The molecule has 0 fully saturated rings. The van der Waals surface area contributed by atoms with E-state index in [-0.39, 0.29) is 22.8 Å². The number of benzene rings is 1. The van der Waals surface area contributed by atoms with Crippen molar-refractivity contribution in [2.45, 2.75) is 17.6 Å². The number of halogens is 4. The van der Waals surface area contributed by atoms with E-state index in [9.17, 15) is 21.6 Å². The zero-order valence-electron chi connectivity index (χ0n) is 13.8. The van der Waals surface area contributed by atoms with Crippen molar-refractivity contribution >= 4 is 42.8 Å². The lowest BCUT2D eigenvalue weighted by Crippen LogP contribution is -2.20. The first kappa shape index (κ1) is 20.3. The maximum atomic E-state index is 12.5. The Hall–Kier alpha value is -2.45. The highest BCUT2D eigenvalue weighted by atomic mass is 79.9. The number of rotatable bonds is 6. The molecule has 14 heteroatoms. The van der Waals surface area contributed by atoms with Crippen molar-refractivity contribution in [2.24, 2.45) is 5.14 Å². The third kappa shape index (κ3) is 4.69. The summed E-state index contributed by atoms with van der Waals surface area (Å²) in [5.41, 5.74) is 0.498. The second-order valence-corrected chi connectivity index (χ2v) is 7.88. The van der Waals surface area contributed by atoms with Gasteiger partial charge in [-0.25, -0.2) is 23.5 Å². The Morgan fingerprint density at radius 1 is 1.29 bits per heavy atom. The van der Waals surface area contributed by atoms with Crippen molar-refractivity contribution < 1.29 is 26.3 Å². The fourth-order valence-corrected chi connectivity index (χ4v) is 3.32. The maximum Gasteiger partial charge on any atom is 0.422 e. The van der Waals surface area contributed by atoms with Crippen molar-refractivity contribution in [3.8, 4) is 5.75 Å². The van der Waals surface area contributed by atoms with E-state index in [2.05, 4.69) is 41.4 Å². The quantitative estimate of drug-likeness (QED) is 0.492. The lowest BCUT2D eigenvalue weighted by atomic mass is 10.2. The predicted molar refractivity (Wildman–Crippen MR) is 96.1 cm³/mol. The third-order valence-electron chi connectivity index (χ3n) is 3.50. The molecule has 0 unspecified atom stereocenters. The minimum atomic E-state index is -4.55. The Bertz CT molecular complexity index is 1120. The van der Waals surface area contributed by atoms with Crippen LogP contribution in [0.3, 0.4) is 0 Å². The van der Waals surface area contributed by atoms with Crippen LogP contribution in [-0.4, -0.2) is 41.4 Å². The highest BCUT2D eigenvalue weighted by Gasteiger charge is 2.29. The number of aromatic nitrogens is 4. The van der Waals surface area contributed by atoms with E-state index in [0.29, 0.717) is 21.5 Å². The molecule has 0 spiro atoms. The lowest BCUT2D eigenvalue weighted by Gasteiger charge is -2.15. The molecule has 1 aromatic carbocycles. The average Bonchev–Trinajstić information content (AvgIpc) is 2.99. The summed E-state index contributed by atoms with van der Waals surface area (Å²) in [6.07, 6.45) is -3.30. The van der Waals surface area contributed by atoms with Gasteiger partial charge in [-0.1, -0.05) is 0 Å². The van der Waals surface area contributed by atoms with E-state index in [0.717, 1.165) is 18.2 Å². The molecule has 28 heavy (non-hydrogen) atoms. The number of nitrogens with zero attached hydrogens (tertiary/aromatic N) is 3. The molecule has 0 saturated heterocycles. The summed E-state index contributed by atoms with van der Waals surface area (Å²) in [7, 11) is -4.05. The molecule has 0 aliphatic rings. The number of aromatic amines is 1. The van der Waals surface area contributed by atoms with E-state index in [4.69, 9.17) is 9.88 Å². The Kier molecular flexibility index (Phi) is 5.45. The van der Waals surface area contributed by atoms with Gasteiger partial charge >= 0.3 is 6.18 Å². The van der Waals surface area contributed by atoms with Gasteiger partial charge in [0, 0.05) is 12.1 Å². The van der Waals surface area contributed by atoms with E-state index in [1.54, 1.807) is 0 Å². The first-order valence-corrected chi connectivity index (χ1v) is 9.82. The molecule has 0 atom stereocenters. The van der Waals surface area contributed by atoms with Crippen molar-refractivity contribution in [2.75, 3.05) is 11.9 Å². The van der Waals surface area contributed by atoms with Gasteiger partial charge in [-0.2, -0.15) is 18.3 Å². The monoisotopic (exact) mass is 480 g/mol. The fourth-order valence-electron chi connectivity index (χ4n) is 2.31. The zero-order chi connectivity index (χ0) is 20.5. The molecule has 3 aromatic rings. The molecule has 4 N–H and O–H groups in total. The highest BCUT2D eigenvalue weighted by molar-refractivity contribution is 9.10. The molecule has 0 saturated carbocycles. The van der Waals surface area contributed by atoms with Gasteiger partial charge in [0.05, 0.1) is 10.3 Å². The van der Waals surface area contributed by atoms with Crippen molar-refractivity contribution in [3.63, 3.8) is 0 Å². The van der Waals surface area contributed by atoms with E-state index in [1.165, 1.54) is 6.33 Å². The van der Waals surface area contributed by atoms with Crippen LogP contribution in [-0.2, 0) is 16.6 Å². The smallest absolute Gasteiger partial charge is 0.422 e. The first-order valence-electron chi connectivity index (χ1n) is 7.48. The Labute approximate surface area is 164 Å². The first-order chi connectivity index (χ1) is 13.0. The van der Waals surface area contributed by atoms with Crippen LogP contribution in [0.4, 0.5) is 19.0 Å². The summed E-state index contributed by atoms with van der Waals surface area (Å²) >= 11 is 3.26. The number of hydrogen-bond acceptors (Lipinski definition) is 7. The number of nitrogens with one attached hydrogen (secondary N) is 2. The number of fused-ring (bicyclic) bond motifs is 1. The minimum Gasteiger partial charge on any atom is -0.484 e. The second-order valence-electron chi connectivity index (χ2n) is 5.53. The van der Waals surface area contributed by atoms with Gasteiger partial charge in [-0.3, -0.25) is 5.10 Å². The molecule has 2 aromatic heterocycles. The summed E-state index contributed by atoms with van der Waals surface area (Å²) < 4.78 is 65.9. The minimum absolute atomic E-state index is 0.0969. The van der Waals surface area contributed by atoms with Crippen LogP contribution in [0.5, 0.6) is 5.75 Å². The molecule has 0 radical (unpaired) electrons. The average molecular weight is 481 g/mol. The van der Waals surface area contributed by atoms with Gasteiger partial charge in [0.25, 0.3) is 0 Å². The summed E-state index contributed by atoms with van der Waals surface area (Å²) in [6.45, 7) is -1.62. The summed E-state index contributed by atoms with van der Waals surface area (Å²) in [5, 5.41) is 15.1. The summed E-state index contributed by atoms with van der Waals surface area (Å²) in [4.78, 5) is 7.77. The normalized spacial score (nSPS) is 12.3. The van der Waals surface area contributed by atoms with E-state index < -0.39 is 22.8 Å². The van der Waals surface area contributed by atoms with Crippen LogP contribution in [0.1, 0.15) is 5.56 Å². The molecule has 0 bridgehead atoms. The molecule has 0 aliphatic carbocycles. The van der Waals surface area contributed by atoms with Crippen LogP contribution < -0.4 is 15.2 Å². The number of anilines is 1. The zero-order valence-corrected chi connectivity index (χ0v) is 16.2. The van der Waals surface area contributed by atoms with Gasteiger partial charge in [0.1, 0.15) is 22.5 Å². The molecular formula is C14H12BrF3N6O3S. The van der Waals surface area contributed by atoms with Crippen LogP contribution in [0.2, 0.25) is 0 Å². The topological polar surface area (TPSA) is 136 Å². The molecular weight excluding hydrogens is 469 g/mol. The second kappa shape index (κ2) is 7.52. The number of nitrogens with two attached hydrogens (primary N) is 1. The molecule has 9 nitrogen and oxygen atoms in total. The standard InChI is InChI=1S/C14H12BrF3N6O3S/c15-11-10-12(21-6-22-13(10)24-23-11)20-4-7-3-8(28(19,25)26)1-2-9(7)27-5-14(16,17)18/h1-3,6H,4-5H2,(H2,19,25,26)(H2,20,21,22,23,24). The van der Waals surface area contributed by atoms with Crippen molar-refractivity contribution in [1.82, 2.24) is 20.2 Å². The predicted octanol–water partition coefficient (Wildman–Crippen LogP) is 2.32. The number of H-pyrrole nitrogens is 1. The molecule has 0 aliphatic heterocycles. The number of hydrogen-bond donors (Lipinski definition) is 3. The van der Waals surface area contributed by atoms with Crippen LogP contribution in [0.25, 0.3) is 11.0 Å². The highest BCUT2D eigenvalue weighted by Crippen LogP contribution is 2.28. The molecule has 3 rings (SSSR count). The van der Waals surface area contributed by atoms with Gasteiger partial charge in [-0.15, -0.1) is 0 Å². The van der Waals surface area contributed by atoms with Crippen molar-refractivity contribution in [1.29, 1.82) is 0 Å². The summed E-state index contributed by atoms with van der Waals surface area (Å²) in [5.74, 6) is 0.183. The van der Waals surface area contributed by atoms with Crippen LogP contribution in [0, 0.1) is 0 Å². The molecule has 0 amide bonds.